The first-order valence-electron chi connectivity index (χ1n) is 7.02. The molecule has 6 heteroatoms. The van der Waals surface area contributed by atoms with Crippen molar-refractivity contribution in [2.75, 3.05) is 11.9 Å². The Hall–Kier alpha value is -1.88. The van der Waals surface area contributed by atoms with Gasteiger partial charge in [-0.25, -0.2) is 0 Å². The Morgan fingerprint density at radius 2 is 1.95 bits per heavy atom. The largest absolute Gasteiger partial charge is 0.463 e. The second kappa shape index (κ2) is 7.78. The smallest absolute Gasteiger partial charge is 0.322 e. The van der Waals surface area contributed by atoms with Gasteiger partial charge in [0.2, 0.25) is 11.2 Å². The van der Waals surface area contributed by atoms with Gasteiger partial charge in [-0.3, -0.25) is 0 Å². The van der Waals surface area contributed by atoms with Gasteiger partial charge in [-0.1, -0.05) is 37.3 Å². The Labute approximate surface area is 129 Å². The Kier molecular flexibility index (Phi) is 5.75. The molecule has 1 unspecified atom stereocenters. The highest BCUT2D eigenvalue weighted by atomic mass is 35.5. The fraction of sp³-hybridized carbons (Fsp3) is 0.400. The van der Waals surface area contributed by atoms with Gasteiger partial charge < -0.3 is 10.1 Å². The minimum atomic E-state index is 0.130. The third-order valence-electron chi connectivity index (χ3n) is 2.78. The van der Waals surface area contributed by atoms with E-state index < -0.39 is 0 Å². The predicted octanol–water partition coefficient (Wildman–Crippen LogP) is 3.36. The Balaban J connectivity index is 1.99. The van der Waals surface area contributed by atoms with Crippen molar-refractivity contribution in [3.05, 3.63) is 41.2 Å². The van der Waals surface area contributed by atoms with E-state index in [-0.39, 0.29) is 17.3 Å². The quantitative estimate of drug-likeness (QED) is 0.850. The summed E-state index contributed by atoms with van der Waals surface area (Å²) in [5.41, 5.74) is 1.25. The highest BCUT2D eigenvalue weighted by Crippen LogP contribution is 2.13. The number of aromatic nitrogens is 3. The minimum Gasteiger partial charge on any atom is -0.463 e. The van der Waals surface area contributed by atoms with Crippen LogP contribution in [0.4, 0.5) is 5.95 Å². The molecule has 1 heterocycles. The third-order valence-corrected chi connectivity index (χ3v) is 2.95. The molecule has 0 saturated carbocycles. The molecular formula is C15H19ClN4O. The lowest BCUT2D eigenvalue weighted by molar-refractivity contribution is 0.291. The van der Waals surface area contributed by atoms with Gasteiger partial charge in [0.15, 0.2) is 0 Å². The van der Waals surface area contributed by atoms with E-state index in [1.807, 2.05) is 25.1 Å². The number of rotatable bonds is 7. The summed E-state index contributed by atoms with van der Waals surface area (Å²) >= 11 is 5.89. The molecule has 0 aliphatic rings. The van der Waals surface area contributed by atoms with Gasteiger partial charge in [0.25, 0.3) is 0 Å². The van der Waals surface area contributed by atoms with Crippen LogP contribution in [-0.4, -0.2) is 27.6 Å². The molecule has 2 rings (SSSR count). The SMILES string of the molecule is CCCOc1nc(Cl)nc(NC(C)Cc2ccccc2)n1. The molecule has 5 nitrogen and oxygen atoms in total. The fourth-order valence-electron chi connectivity index (χ4n) is 1.89. The molecule has 112 valence electrons. The van der Waals surface area contributed by atoms with E-state index in [9.17, 15) is 0 Å². The Bertz CT molecular complexity index is 565. The minimum absolute atomic E-state index is 0.130. The van der Waals surface area contributed by atoms with Crippen molar-refractivity contribution in [1.29, 1.82) is 0 Å². The van der Waals surface area contributed by atoms with Gasteiger partial charge in [0, 0.05) is 6.04 Å². The number of nitrogens with one attached hydrogen (secondary N) is 1. The van der Waals surface area contributed by atoms with E-state index >= 15 is 0 Å². The average Bonchev–Trinajstić information content (AvgIpc) is 2.45. The van der Waals surface area contributed by atoms with Crippen LogP contribution < -0.4 is 10.1 Å². The zero-order valence-corrected chi connectivity index (χ0v) is 13.0. The summed E-state index contributed by atoms with van der Waals surface area (Å²) in [6.07, 6.45) is 1.76. The zero-order valence-electron chi connectivity index (χ0n) is 12.2. The molecular weight excluding hydrogens is 288 g/mol. The molecule has 0 aliphatic carbocycles. The summed E-state index contributed by atoms with van der Waals surface area (Å²) in [5.74, 6) is 0.435. The summed E-state index contributed by atoms with van der Waals surface area (Å²) in [7, 11) is 0. The van der Waals surface area contributed by atoms with Crippen molar-refractivity contribution in [2.24, 2.45) is 0 Å². The number of hydrogen-bond donors (Lipinski definition) is 1. The van der Waals surface area contributed by atoms with Crippen molar-refractivity contribution in [3.63, 3.8) is 0 Å². The summed E-state index contributed by atoms with van der Waals surface area (Å²) in [6.45, 7) is 4.64. The number of hydrogen-bond acceptors (Lipinski definition) is 5. The standard InChI is InChI=1S/C15H19ClN4O/c1-3-9-21-15-19-13(16)18-14(20-15)17-11(2)10-12-7-5-4-6-8-12/h4-8,11H,3,9-10H2,1-2H3,(H,17,18,19,20). The van der Waals surface area contributed by atoms with Crippen molar-refractivity contribution in [1.82, 2.24) is 15.0 Å². The maximum atomic E-state index is 5.89. The highest BCUT2D eigenvalue weighted by Gasteiger charge is 2.09. The van der Waals surface area contributed by atoms with E-state index in [4.69, 9.17) is 16.3 Å². The van der Waals surface area contributed by atoms with Gasteiger partial charge in [0.1, 0.15) is 0 Å². The molecule has 0 aliphatic heterocycles. The summed E-state index contributed by atoms with van der Waals surface area (Å²) in [6, 6.07) is 10.7. The second-order valence-electron chi connectivity index (χ2n) is 4.79. The van der Waals surface area contributed by atoms with Gasteiger partial charge in [0.05, 0.1) is 6.61 Å². The lowest BCUT2D eigenvalue weighted by Gasteiger charge is -2.14. The van der Waals surface area contributed by atoms with Crippen LogP contribution >= 0.6 is 11.6 Å². The Morgan fingerprint density at radius 1 is 1.19 bits per heavy atom. The number of nitrogens with zero attached hydrogens (tertiary/aromatic N) is 3. The maximum absolute atomic E-state index is 5.89. The van der Waals surface area contributed by atoms with E-state index in [0.717, 1.165) is 12.8 Å². The number of ether oxygens (including phenoxy) is 1. The van der Waals surface area contributed by atoms with Gasteiger partial charge in [-0.15, -0.1) is 0 Å². The van der Waals surface area contributed by atoms with Crippen LogP contribution in [-0.2, 0) is 6.42 Å². The normalized spacial score (nSPS) is 12.0. The molecule has 21 heavy (non-hydrogen) atoms. The van der Waals surface area contributed by atoms with Crippen molar-refractivity contribution in [3.8, 4) is 6.01 Å². The first-order chi connectivity index (χ1) is 10.2. The number of anilines is 1. The molecule has 1 aromatic heterocycles. The van der Waals surface area contributed by atoms with Gasteiger partial charge >= 0.3 is 6.01 Å². The molecule has 0 bridgehead atoms. The second-order valence-corrected chi connectivity index (χ2v) is 5.13. The van der Waals surface area contributed by atoms with Crippen LogP contribution in [0.15, 0.2) is 30.3 Å². The number of halogens is 1. The topological polar surface area (TPSA) is 59.9 Å². The Morgan fingerprint density at radius 3 is 2.67 bits per heavy atom. The first kappa shape index (κ1) is 15.5. The summed E-state index contributed by atoms with van der Waals surface area (Å²) in [4.78, 5) is 12.2. The van der Waals surface area contributed by atoms with Crippen molar-refractivity contribution < 1.29 is 4.74 Å². The van der Waals surface area contributed by atoms with Gasteiger partial charge in [-0.2, -0.15) is 15.0 Å². The predicted molar refractivity (Wildman–Crippen MR) is 83.9 cm³/mol. The summed E-state index contributed by atoms with van der Waals surface area (Å²) < 4.78 is 5.39. The monoisotopic (exact) mass is 306 g/mol. The van der Waals surface area contributed by atoms with Crippen LogP contribution in [0.2, 0.25) is 5.28 Å². The van der Waals surface area contributed by atoms with E-state index in [1.165, 1.54) is 5.56 Å². The van der Waals surface area contributed by atoms with E-state index in [0.29, 0.717) is 12.6 Å². The zero-order chi connectivity index (χ0) is 15.1. The molecule has 0 amide bonds. The molecule has 0 radical (unpaired) electrons. The van der Waals surface area contributed by atoms with E-state index in [1.54, 1.807) is 0 Å². The molecule has 0 saturated heterocycles. The van der Waals surface area contributed by atoms with Crippen LogP contribution in [0.3, 0.4) is 0 Å². The average molecular weight is 307 g/mol. The lowest BCUT2D eigenvalue weighted by Crippen LogP contribution is -2.20. The summed E-state index contributed by atoms with van der Waals surface area (Å²) in [5, 5.41) is 3.35. The van der Waals surface area contributed by atoms with Crippen LogP contribution in [0.5, 0.6) is 6.01 Å². The molecule has 0 fully saturated rings. The lowest BCUT2D eigenvalue weighted by atomic mass is 10.1. The van der Waals surface area contributed by atoms with Crippen molar-refractivity contribution >= 4 is 17.5 Å². The van der Waals surface area contributed by atoms with Crippen LogP contribution in [0, 0.1) is 0 Å². The highest BCUT2D eigenvalue weighted by molar-refractivity contribution is 6.28. The molecule has 1 aromatic carbocycles. The van der Waals surface area contributed by atoms with Crippen molar-refractivity contribution in [2.45, 2.75) is 32.7 Å². The molecule has 1 N–H and O–H groups in total. The fourth-order valence-corrected chi connectivity index (χ4v) is 2.05. The number of benzene rings is 1. The third kappa shape index (κ3) is 5.19. The molecule has 1 atom stereocenters. The maximum Gasteiger partial charge on any atom is 0.322 e. The van der Waals surface area contributed by atoms with Crippen LogP contribution in [0.1, 0.15) is 25.8 Å². The molecule has 2 aromatic rings. The first-order valence-corrected chi connectivity index (χ1v) is 7.40. The van der Waals surface area contributed by atoms with Gasteiger partial charge in [-0.05, 0) is 36.9 Å². The molecule has 0 spiro atoms. The van der Waals surface area contributed by atoms with E-state index in [2.05, 4.69) is 39.3 Å². The van der Waals surface area contributed by atoms with Crippen LogP contribution in [0.25, 0.3) is 0 Å².